The first kappa shape index (κ1) is 29.3. The van der Waals surface area contributed by atoms with Gasteiger partial charge in [0, 0.05) is 74.4 Å². The van der Waals surface area contributed by atoms with Crippen molar-refractivity contribution in [1.29, 1.82) is 0 Å². The van der Waals surface area contributed by atoms with E-state index in [4.69, 9.17) is 0 Å². The molecule has 0 radical (unpaired) electrons. The van der Waals surface area contributed by atoms with E-state index in [-0.39, 0.29) is 29.9 Å². The summed E-state index contributed by atoms with van der Waals surface area (Å²) < 4.78 is 42.0. The third kappa shape index (κ3) is 7.37. The molecule has 1 saturated heterocycles. The Balaban J connectivity index is 1.26. The molecule has 4 aromatic rings. The van der Waals surface area contributed by atoms with Crippen LogP contribution < -0.4 is 5.32 Å². The minimum Gasteiger partial charge on any atom is -0.340 e. The molecule has 0 spiro atoms. The Bertz CT molecular complexity index is 1540. The Morgan fingerprint density at radius 1 is 1.00 bits per heavy atom. The van der Waals surface area contributed by atoms with Crippen molar-refractivity contribution < 1.29 is 18.0 Å². The van der Waals surface area contributed by atoms with Crippen molar-refractivity contribution in [2.24, 2.45) is 0 Å². The van der Waals surface area contributed by atoms with Gasteiger partial charge in [-0.2, -0.15) is 13.2 Å². The van der Waals surface area contributed by atoms with Gasteiger partial charge in [-0.05, 0) is 61.3 Å². The Morgan fingerprint density at radius 3 is 2.55 bits per heavy atom. The maximum atomic E-state index is 14.0. The Kier molecular flexibility index (Phi) is 8.94. The van der Waals surface area contributed by atoms with Gasteiger partial charge in [-0.25, -0.2) is 9.97 Å². The molecule has 10 heteroatoms. The third-order valence-electron chi connectivity index (χ3n) is 7.56. The molecule has 2 aromatic carbocycles. The lowest BCUT2D eigenvalue weighted by molar-refractivity contribution is -0.138. The van der Waals surface area contributed by atoms with Gasteiger partial charge in [0.05, 0.1) is 11.3 Å². The van der Waals surface area contributed by atoms with E-state index in [9.17, 15) is 18.0 Å². The van der Waals surface area contributed by atoms with Crippen molar-refractivity contribution in [2.75, 3.05) is 38.5 Å². The molecule has 0 amide bonds. The predicted octanol–water partition coefficient (Wildman–Crippen LogP) is 6.17. The Morgan fingerprint density at radius 2 is 1.81 bits per heavy atom. The van der Waals surface area contributed by atoms with Crippen LogP contribution in [-0.4, -0.2) is 63.8 Å². The fourth-order valence-electron chi connectivity index (χ4n) is 5.00. The van der Waals surface area contributed by atoms with Gasteiger partial charge in [0.25, 0.3) is 0 Å². The largest absolute Gasteiger partial charge is 0.416 e. The number of anilines is 2. The van der Waals surface area contributed by atoms with E-state index < -0.39 is 11.7 Å². The van der Waals surface area contributed by atoms with Crippen LogP contribution in [0.5, 0.6) is 0 Å². The summed E-state index contributed by atoms with van der Waals surface area (Å²) in [5.74, 6) is 0.287. The number of pyridine rings is 1. The first-order valence-corrected chi connectivity index (χ1v) is 13.9. The number of aryl methyl sites for hydroxylation is 2. The standard InChI is InChI=1S/C32H33F3N6O/c1-22-5-6-23(16-28(22)39-31-18-29(37-21-38-31)25-4-3-11-36-19-25)7-10-30(42)24-8-9-26(27(17-24)32(33,34)35)20-41-14-12-40(2)13-15-41/h3-6,8-9,11,16-19,21H,7,10,12-15,20H2,1-2H3,(H,37,38,39). The van der Waals surface area contributed by atoms with Crippen LogP contribution in [0.25, 0.3) is 11.3 Å². The zero-order chi connectivity index (χ0) is 29.7. The molecule has 7 nitrogen and oxygen atoms in total. The SMILES string of the molecule is Cc1ccc(CCC(=O)c2ccc(CN3CCN(C)CC3)c(C(F)(F)F)c2)cc1Nc1cc(-c2cccnc2)ncn1. The van der Waals surface area contributed by atoms with E-state index in [0.717, 1.165) is 47.2 Å². The van der Waals surface area contributed by atoms with Gasteiger partial charge in [0.15, 0.2) is 5.78 Å². The number of halogens is 3. The van der Waals surface area contributed by atoms with E-state index in [1.807, 2.05) is 55.3 Å². The van der Waals surface area contributed by atoms with E-state index in [1.165, 1.54) is 18.5 Å². The number of rotatable bonds is 9. The predicted molar refractivity (Wildman–Crippen MR) is 157 cm³/mol. The molecular weight excluding hydrogens is 541 g/mol. The van der Waals surface area contributed by atoms with Crippen LogP contribution >= 0.6 is 0 Å². The zero-order valence-corrected chi connectivity index (χ0v) is 23.7. The normalized spacial score (nSPS) is 14.6. The molecule has 3 heterocycles. The highest BCUT2D eigenvalue weighted by atomic mass is 19.4. The molecule has 0 saturated carbocycles. The maximum absolute atomic E-state index is 14.0. The summed E-state index contributed by atoms with van der Waals surface area (Å²) in [6.07, 6.45) is 0.859. The highest BCUT2D eigenvalue weighted by Crippen LogP contribution is 2.34. The molecule has 0 atom stereocenters. The molecule has 1 aliphatic rings. The highest BCUT2D eigenvalue weighted by molar-refractivity contribution is 5.96. The van der Waals surface area contributed by atoms with Gasteiger partial charge in [0.2, 0.25) is 0 Å². The van der Waals surface area contributed by atoms with E-state index in [2.05, 4.69) is 25.2 Å². The van der Waals surface area contributed by atoms with E-state index >= 15 is 0 Å². The number of Topliss-reactive ketones (excluding diaryl/α,β-unsaturated/α-hetero) is 1. The lowest BCUT2D eigenvalue weighted by atomic mass is 9.97. The van der Waals surface area contributed by atoms with Crippen LogP contribution in [0.3, 0.4) is 0 Å². The van der Waals surface area contributed by atoms with E-state index in [1.54, 1.807) is 12.4 Å². The van der Waals surface area contributed by atoms with Crippen LogP contribution in [0.15, 0.2) is 73.3 Å². The number of piperazine rings is 1. The molecule has 1 N–H and O–H groups in total. The number of hydrogen-bond donors (Lipinski definition) is 1. The van der Waals surface area contributed by atoms with Crippen LogP contribution in [0, 0.1) is 6.92 Å². The number of nitrogens with one attached hydrogen (secondary N) is 1. The topological polar surface area (TPSA) is 74.2 Å². The van der Waals surface area contributed by atoms with E-state index in [0.29, 0.717) is 25.3 Å². The van der Waals surface area contributed by atoms with Crippen LogP contribution in [0.1, 0.15) is 39.0 Å². The number of aromatic nitrogens is 3. The number of ketones is 1. The average molecular weight is 575 g/mol. The number of alkyl halides is 3. The van der Waals surface area contributed by atoms with Crippen LogP contribution in [0.4, 0.5) is 24.7 Å². The Labute approximate surface area is 243 Å². The van der Waals surface area contributed by atoms with Crippen molar-refractivity contribution in [3.8, 4) is 11.3 Å². The lowest BCUT2D eigenvalue weighted by Crippen LogP contribution is -2.44. The van der Waals surface area contributed by atoms with Gasteiger partial charge in [-0.1, -0.05) is 24.3 Å². The molecule has 1 fully saturated rings. The molecule has 0 unspecified atom stereocenters. The first-order chi connectivity index (χ1) is 20.2. The summed E-state index contributed by atoms with van der Waals surface area (Å²) in [4.78, 5) is 30.0. The second-order valence-corrected chi connectivity index (χ2v) is 10.7. The van der Waals surface area contributed by atoms with Crippen molar-refractivity contribution in [3.63, 3.8) is 0 Å². The molecule has 2 aromatic heterocycles. The number of benzene rings is 2. The summed E-state index contributed by atoms with van der Waals surface area (Å²) in [6.45, 7) is 5.24. The molecule has 0 aliphatic carbocycles. The van der Waals surface area contributed by atoms with Crippen molar-refractivity contribution in [3.05, 3.63) is 101 Å². The van der Waals surface area contributed by atoms with Gasteiger partial charge in [-0.15, -0.1) is 0 Å². The van der Waals surface area contributed by atoms with Crippen molar-refractivity contribution in [1.82, 2.24) is 24.8 Å². The molecule has 0 bridgehead atoms. The van der Waals surface area contributed by atoms with Crippen molar-refractivity contribution >= 4 is 17.3 Å². The second kappa shape index (κ2) is 12.8. The summed E-state index contributed by atoms with van der Waals surface area (Å²) in [7, 11) is 2.00. The third-order valence-corrected chi connectivity index (χ3v) is 7.56. The van der Waals surface area contributed by atoms with Gasteiger partial charge in [-0.3, -0.25) is 14.7 Å². The number of carbonyl (C=O) groups is 1. The molecule has 42 heavy (non-hydrogen) atoms. The maximum Gasteiger partial charge on any atom is 0.416 e. The second-order valence-electron chi connectivity index (χ2n) is 10.7. The van der Waals surface area contributed by atoms with Gasteiger partial charge < -0.3 is 10.2 Å². The minimum atomic E-state index is -4.53. The lowest BCUT2D eigenvalue weighted by Gasteiger charge is -2.33. The van der Waals surface area contributed by atoms with Crippen LogP contribution in [0.2, 0.25) is 0 Å². The number of hydrogen-bond acceptors (Lipinski definition) is 7. The summed E-state index contributed by atoms with van der Waals surface area (Å²) in [5, 5.41) is 3.32. The monoisotopic (exact) mass is 574 g/mol. The van der Waals surface area contributed by atoms with Crippen LogP contribution in [-0.2, 0) is 19.1 Å². The average Bonchev–Trinajstić information content (AvgIpc) is 2.99. The number of carbonyl (C=O) groups excluding carboxylic acids is 1. The van der Waals surface area contributed by atoms with Gasteiger partial charge >= 0.3 is 6.18 Å². The Hall–Kier alpha value is -4.15. The summed E-state index contributed by atoms with van der Waals surface area (Å²) in [6, 6.07) is 15.4. The first-order valence-electron chi connectivity index (χ1n) is 13.9. The van der Waals surface area contributed by atoms with Gasteiger partial charge in [0.1, 0.15) is 12.1 Å². The molecule has 1 aliphatic heterocycles. The quantitative estimate of drug-likeness (QED) is 0.240. The summed E-state index contributed by atoms with van der Waals surface area (Å²) in [5.41, 5.74) is 3.85. The summed E-state index contributed by atoms with van der Waals surface area (Å²) >= 11 is 0. The zero-order valence-electron chi connectivity index (χ0n) is 23.7. The molecule has 218 valence electrons. The number of nitrogens with zero attached hydrogens (tertiary/aromatic N) is 5. The van der Waals surface area contributed by atoms with Crippen molar-refractivity contribution in [2.45, 2.75) is 32.5 Å². The fourth-order valence-corrected chi connectivity index (χ4v) is 5.00. The fraction of sp³-hybridized carbons (Fsp3) is 0.312. The number of likely N-dealkylation sites (N-methyl/N-ethyl adjacent to an activating group) is 1. The molecule has 5 rings (SSSR count). The highest BCUT2D eigenvalue weighted by Gasteiger charge is 2.34. The minimum absolute atomic E-state index is 0.0822. The smallest absolute Gasteiger partial charge is 0.340 e. The molecular formula is C32H33F3N6O.